The van der Waals surface area contributed by atoms with E-state index in [0.717, 1.165) is 0 Å². The molecule has 0 unspecified atom stereocenters. The third kappa shape index (κ3) is 4.28. The standard InChI is InChI=1S/C14H19FN2O2/c1-14(9-18,10-19)8-17(2)7-12-5-11(6-16)3-4-13(12)15/h3-5,18-19H,7-10H2,1-2H3. The van der Waals surface area contributed by atoms with Crippen molar-refractivity contribution in [1.82, 2.24) is 4.90 Å². The molecule has 1 aromatic carbocycles. The second-order valence-electron chi connectivity index (χ2n) is 5.22. The Morgan fingerprint density at radius 3 is 2.53 bits per heavy atom. The molecule has 0 spiro atoms. The van der Waals surface area contributed by atoms with Crippen LogP contribution >= 0.6 is 0 Å². The van der Waals surface area contributed by atoms with Crippen LogP contribution in [0.4, 0.5) is 4.39 Å². The SMILES string of the molecule is CN(Cc1cc(C#N)ccc1F)CC(C)(CO)CO. The summed E-state index contributed by atoms with van der Waals surface area (Å²) in [7, 11) is 1.78. The Hall–Kier alpha value is -1.48. The molecule has 0 aliphatic carbocycles. The van der Waals surface area contributed by atoms with Gasteiger partial charge in [0.25, 0.3) is 0 Å². The van der Waals surface area contributed by atoms with E-state index in [1.807, 2.05) is 11.0 Å². The molecular formula is C14H19FN2O2. The van der Waals surface area contributed by atoms with Gasteiger partial charge in [-0.25, -0.2) is 4.39 Å². The number of nitriles is 1. The van der Waals surface area contributed by atoms with Crippen LogP contribution in [0.3, 0.4) is 0 Å². The van der Waals surface area contributed by atoms with Gasteiger partial charge in [-0.05, 0) is 25.2 Å². The summed E-state index contributed by atoms with van der Waals surface area (Å²) < 4.78 is 13.6. The lowest BCUT2D eigenvalue weighted by Gasteiger charge is -2.30. The van der Waals surface area contributed by atoms with Gasteiger partial charge in [-0.1, -0.05) is 6.92 Å². The molecule has 0 amide bonds. The third-order valence-electron chi connectivity index (χ3n) is 3.03. The van der Waals surface area contributed by atoms with E-state index in [1.54, 1.807) is 14.0 Å². The fourth-order valence-corrected chi connectivity index (χ4v) is 1.91. The van der Waals surface area contributed by atoms with Crippen LogP contribution in [0.1, 0.15) is 18.1 Å². The maximum atomic E-state index is 13.6. The number of aliphatic hydroxyl groups is 2. The molecule has 0 fully saturated rings. The Morgan fingerprint density at radius 1 is 1.37 bits per heavy atom. The maximum absolute atomic E-state index is 13.6. The average Bonchev–Trinajstić information content (AvgIpc) is 2.41. The Labute approximate surface area is 112 Å². The molecule has 4 nitrogen and oxygen atoms in total. The summed E-state index contributed by atoms with van der Waals surface area (Å²) in [4.78, 5) is 1.81. The van der Waals surface area contributed by atoms with Gasteiger partial charge in [-0.3, -0.25) is 0 Å². The Morgan fingerprint density at radius 2 is 2.00 bits per heavy atom. The van der Waals surface area contributed by atoms with E-state index in [1.165, 1.54) is 18.2 Å². The second-order valence-corrected chi connectivity index (χ2v) is 5.22. The van der Waals surface area contributed by atoms with Crippen molar-refractivity contribution in [1.29, 1.82) is 5.26 Å². The lowest BCUT2D eigenvalue weighted by molar-refractivity contribution is 0.0400. The smallest absolute Gasteiger partial charge is 0.127 e. The number of aliphatic hydroxyl groups excluding tert-OH is 2. The Balaban J connectivity index is 2.77. The topological polar surface area (TPSA) is 67.5 Å². The first-order chi connectivity index (χ1) is 8.94. The molecule has 2 N–H and O–H groups in total. The number of halogens is 1. The molecule has 0 aromatic heterocycles. The fourth-order valence-electron chi connectivity index (χ4n) is 1.91. The molecule has 5 heteroatoms. The van der Waals surface area contributed by atoms with Gasteiger partial charge in [0.1, 0.15) is 5.82 Å². The molecule has 0 aliphatic rings. The highest BCUT2D eigenvalue weighted by Crippen LogP contribution is 2.18. The van der Waals surface area contributed by atoms with E-state index < -0.39 is 5.41 Å². The molecule has 0 bridgehead atoms. The van der Waals surface area contributed by atoms with Gasteiger partial charge >= 0.3 is 0 Å². The zero-order chi connectivity index (χ0) is 14.5. The number of hydrogen-bond acceptors (Lipinski definition) is 4. The first-order valence-electron chi connectivity index (χ1n) is 6.03. The fraction of sp³-hybridized carbons (Fsp3) is 0.500. The molecular weight excluding hydrogens is 247 g/mol. The molecule has 0 saturated carbocycles. The largest absolute Gasteiger partial charge is 0.396 e. The first-order valence-corrected chi connectivity index (χ1v) is 6.03. The summed E-state index contributed by atoms with van der Waals surface area (Å²) in [5.41, 5.74) is 0.217. The van der Waals surface area contributed by atoms with Gasteiger partial charge in [-0.15, -0.1) is 0 Å². The van der Waals surface area contributed by atoms with Crippen molar-refractivity contribution in [2.24, 2.45) is 5.41 Å². The van der Waals surface area contributed by atoms with Crippen LogP contribution in [0.25, 0.3) is 0 Å². The van der Waals surface area contributed by atoms with Crippen molar-refractivity contribution in [3.05, 3.63) is 35.1 Å². The first kappa shape index (κ1) is 15.6. The molecule has 0 atom stereocenters. The van der Waals surface area contributed by atoms with Gasteiger partial charge in [-0.2, -0.15) is 5.26 Å². The van der Waals surface area contributed by atoms with E-state index in [2.05, 4.69) is 0 Å². The minimum atomic E-state index is -0.627. The van der Waals surface area contributed by atoms with Gasteiger partial charge in [0, 0.05) is 24.1 Å². The normalized spacial score (nSPS) is 11.6. The number of rotatable bonds is 6. The minimum Gasteiger partial charge on any atom is -0.396 e. The average molecular weight is 266 g/mol. The monoisotopic (exact) mass is 266 g/mol. The minimum absolute atomic E-state index is 0.144. The number of hydrogen-bond donors (Lipinski definition) is 2. The van der Waals surface area contributed by atoms with Crippen LogP contribution < -0.4 is 0 Å². The second kappa shape index (κ2) is 6.62. The predicted molar refractivity (Wildman–Crippen MR) is 69.7 cm³/mol. The van der Waals surface area contributed by atoms with E-state index >= 15 is 0 Å². The van der Waals surface area contributed by atoms with Crippen LogP contribution in [-0.4, -0.2) is 41.9 Å². The van der Waals surface area contributed by atoms with Crippen molar-refractivity contribution in [2.75, 3.05) is 26.8 Å². The summed E-state index contributed by atoms with van der Waals surface area (Å²) in [6, 6.07) is 6.20. The summed E-state index contributed by atoms with van der Waals surface area (Å²) in [6.07, 6.45) is 0. The van der Waals surface area contributed by atoms with Crippen molar-refractivity contribution in [2.45, 2.75) is 13.5 Å². The van der Waals surface area contributed by atoms with Crippen molar-refractivity contribution >= 4 is 0 Å². The van der Waals surface area contributed by atoms with Crippen LogP contribution in [-0.2, 0) is 6.54 Å². The molecule has 104 valence electrons. The van der Waals surface area contributed by atoms with Crippen LogP contribution in [0, 0.1) is 22.6 Å². The molecule has 0 heterocycles. The lowest BCUT2D eigenvalue weighted by atomic mass is 9.92. The lowest BCUT2D eigenvalue weighted by Crippen LogP contribution is -2.38. The number of nitrogens with zero attached hydrogens (tertiary/aromatic N) is 2. The summed E-state index contributed by atoms with van der Waals surface area (Å²) in [5, 5.41) is 27.3. The molecule has 0 aliphatic heterocycles. The highest BCUT2D eigenvalue weighted by atomic mass is 19.1. The highest BCUT2D eigenvalue weighted by molar-refractivity contribution is 5.33. The quantitative estimate of drug-likeness (QED) is 0.809. The predicted octanol–water partition coefficient (Wildman–Crippen LogP) is 1.12. The number of benzene rings is 1. The zero-order valence-electron chi connectivity index (χ0n) is 11.2. The van der Waals surface area contributed by atoms with E-state index in [9.17, 15) is 14.6 Å². The zero-order valence-corrected chi connectivity index (χ0v) is 11.2. The van der Waals surface area contributed by atoms with Crippen LogP contribution in [0.2, 0.25) is 0 Å². The molecule has 19 heavy (non-hydrogen) atoms. The van der Waals surface area contributed by atoms with E-state index in [0.29, 0.717) is 24.2 Å². The summed E-state index contributed by atoms with van der Waals surface area (Å²) >= 11 is 0. The van der Waals surface area contributed by atoms with E-state index in [4.69, 9.17) is 5.26 Å². The third-order valence-corrected chi connectivity index (χ3v) is 3.03. The van der Waals surface area contributed by atoms with Gasteiger partial charge in [0.2, 0.25) is 0 Å². The van der Waals surface area contributed by atoms with Crippen molar-refractivity contribution in [3.63, 3.8) is 0 Å². The highest BCUT2D eigenvalue weighted by Gasteiger charge is 2.24. The summed E-state index contributed by atoms with van der Waals surface area (Å²) in [6.45, 7) is 2.21. The van der Waals surface area contributed by atoms with Gasteiger partial charge in [0.15, 0.2) is 0 Å². The molecule has 0 radical (unpaired) electrons. The van der Waals surface area contributed by atoms with Gasteiger partial charge < -0.3 is 15.1 Å². The Bertz CT molecular complexity index is 467. The van der Waals surface area contributed by atoms with Gasteiger partial charge in [0.05, 0.1) is 24.8 Å². The van der Waals surface area contributed by atoms with Crippen LogP contribution in [0.15, 0.2) is 18.2 Å². The molecule has 1 rings (SSSR count). The summed E-state index contributed by atoms with van der Waals surface area (Å²) in [5.74, 6) is -0.361. The molecule has 1 aromatic rings. The maximum Gasteiger partial charge on any atom is 0.127 e. The Kier molecular flexibility index (Phi) is 5.43. The van der Waals surface area contributed by atoms with Crippen molar-refractivity contribution < 1.29 is 14.6 Å². The van der Waals surface area contributed by atoms with E-state index in [-0.39, 0.29) is 19.0 Å². The van der Waals surface area contributed by atoms with Crippen LogP contribution in [0.5, 0.6) is 0 Å². The molecule has 0 saturated heterocycles. The van der Waals surface area contributed by atoms with Crippen molar-refractivity contribution in [3.8, 4) is 6.07 Å².